The van der Waals surface area contributed by atoms with Crippen LogP contribution in [0.25, 0.3) is 0 Å². The number of aliphatic imine (C=N–C) groups is 1. The van der Waals surface area contributed by atoms with Crippen molar-refractivity contribution in [2.24, 2.45) is 10.7 Å². The molecule has 0 aromatic heterocycles. The van der Waals surface area contributed by atoms with Crippen molar-refractivity contribution in [2.45, 2.75) is 99.5 Å². The van der Waals surface area contributed by atoms with Gasteiger partial charge in [0.05, 0.1) is 6.54 Å². The highest BCUT2D eigenvalue weighted by Gasteiger charge is 2.32. The van der Waals surface area contributed by atoms with Crippen molar-refractivity contribution < 1.29 is 33.4 Å². The SMILES string of the molecule is CCN(C(N)=NC(=O)OC(C)(C)C)c1ccc(N(C)C(C)=O)c(CN(C(=O)OC(C)(C)C)C(=O)OC(C)(C)C)c1. The van der Waals surface area contributed by atoms with Crippen LogP contribution in [0.2, 0.25) is 0 Å². The molecule has 4 amide bonds. The number of hydrogen-bond donors (Lipinski definition) is 1. The molecule has 1 rings (SSSR count). The first kappa shape index (κ1) is 34.2. The Morgan fingerprint density at radius 1 is 0.850 bits per heavy atom. The van der Waals surface area contributed by atoms with Crippen LogP contribution in [0.4, 0.5) is 25.8 Å². The number of ether oxygens (including phenoxy) is 3. The minimum Gasteiger partial charge on any atom is -0.443 e. The van der Waals surface area contributed by atoms with Crippen molar-refractivity contribution in [3.8, 4) is 0 Å². The second-order valence-corrected chi connectivity index (χ2v) is 12.1. The fourth-order valence-corrected chi connectivity index (χ4v) is 3.29. The normalized spacial score (nSPS) is 12.3. The van der Waals surface area contributed by atoms with Crippen LogP contribution >= 0.6 is 0 Å². The van der Waals surface area contributed by atoms with E-state index in [-0.39, 0.29) is 18.4 Å². The molecule has 0 unspecified atom stereocenters. The van der Waals surface area contributed by atoms with Gasteiger partial charge in [0.1, 0.15) is 16.8 Å². The zero-order valence-corrected chi connectivity index (χ0v) is 25.9. The molecule has 0 saturated carbocycles. The van der Waals surface area contributed by atoms with Crippen LogP contribution in [0, 0.1) is 0 Å². The van der Waals surface area contributed by atoms with Crippen molar-refractivity contribution in [3.05, 3.63) is 23.8 Å². The average Bonchev–Trinajstić information content (AvgIpc) is 2.73. The second-order valence-electron chi connectivity index (χ2n) is 12.1. The third kappa shape index (κ3) is 11.1. The third-order valence-electron chi connectivity index (χ3n) is 4.96. The standard InChI is InChI=1S/C28H45N5O7/c1-13-32(22(29)30-23(35)38-26(3,4)5)20-14-15-21(31(12)18(2)34)19(16-20)17-33(24(36)39-27(6,7)8)25(37)40-28(9,10)11/h14-16H,13,17H2,1-12H3,(H2,29,30,35). The van der Waals surface area contributed by atoms with Gasteiger partial charge in [-0.3, -0.25) is 4.79 Å². The largest absolute Gasteiger partial charge is 0.443 e. The Morgan fingerprint density at radius 3 is 1.73 bits per heavy atom. The Balaban J connectivity index is 3.66. The molecule has 12 nitrogen and oxygen atoms in total. The van der Waals surface area contributed by atoms with E-state index < -0.39 is 35.1 Å². The van der Waals surface area contributed by atoms with Gasteiger partial charge in [0.25, 0.3) is 0 Å². The molecule has 0 spiro atoms. The smallest absolute Gasteiger partial charge is 0.437 e. The molecule has 0 atom stereocenters. The van der Waals surface area contributed by atoms with Gasteiger partial charge in [-0.15, -0.1) is 4.99 Å². The van der Waals surface area contributed by atoms with Gasteiger partial charge >= 0.3 is 18.3 Å². The van der Waals surface area contributed by atoms with E-state index >= 15 is 0 Å². The molecule has 40 heavy (non-hydrogen) atoms. The predicted molar refractivity (Wildman–Crippen MR) is 154 cm³/mol. The van der Waals surface area contributed by atoms with E-state index in [1.807, 2.05) is 0 Å². The number of nitrogens with two attached hydrogens (primary N) is 1. The summed E-state index contributed by atoms with van der Waals surface area (Å²) in [6.07, 6.45) is -2.68. The Bertz CT molecular complexity index is 1100. The van der Waals surface area contributed by atoms with Gasteiger partial charge in [0.15, 0.2) is 0 Å². The lowest BCUT2D eigenvalue weighted by atomic mass is 10.1. The summed E-state index contributed by atoms with van der Waals surface area (Å²) in [7, 11) is 1.57. The Morgan fingerprint density at radius 2 is 1.32 bits per heavy atom. The summed E-state index contributed by atoms with van der Waals surface area (Å²) in [6, 6.07) is 4.99. The van der Waals surface area contributed by atoms with Gasteiger partial charge in [-0.25, -0.2) is 19.3 Å². The number of hydrogen-bond acceptors (Lipinski definition) is 7. The highest BCUT2D eigenvalue weighted by atomic mass is 16.6. The molecule has 1 aromatic rings. The summed E-state index contributed by atoms with van der Waals surface area (Å²) in [5.74, 6) is -0.389. The first-order valence-corrected chi connectivity index (χ1v) is 13.0. The van der Waals surface area contributed by atoms with E-state index in [0.29, 0.717) is 23.5 Å². The lowest BCUT2D eigenvalue weighted by Gasteiger charge is -2.30. The summed E-state index contributed by atoms with van der Waals surface area (Å²) in [5, 5.41) is 0. The van der Waals surface area contributed by atoms with Gasteiger partial charge < -0.3 is 29.7 Å². The van der Waals surface area contributed by atoms with Gasteiger partial charge in [0.2, 0.25) is 11.9 Å². The molecule has 12 heteroatoms. The highest BCUT2D eigenvalue weighted by Crippen LogP contribution is 2.29. The minimum atomic E-state index is -0.915. The summed E-state index contributed by atoms with van der Waals surface area (Å²) in [5.41, 5.74) is 4.99. The summed E-state index contributed by atoms with van der Waals surface area (Å²) in [4.78, 5) is 58.5. The quantitative estimate of drug-likeness (QED) is 0.282. The third-order valence-corrected chi connectivity index (χ3v) is 4.96. The molecule has 0 fully saturated rings. The van der Waals surface area contributed by atoms with Gasteiger partial charge in [-0.05, 0) is 93.0 Å². The zero-order valence-electron chi connectivity index (χ0n) is 25.9. The van der Waals surface area contributed by atoms with Crippen LogP contribution in [-0.2, 0) is 25.5 Å². The van der Waals surface area contributed by atoms with Crippen LogP contribution in [0.3, 0.4) is 0 Å². The molecule has 0 saturated heterocycles. The molecule has 0 bridgehead atoms. The molecule has 2 N–H and O–H groups in total. The van der Waals surface area contributed by atoms with Crippen LogP contribution in [-0.4, -0.2) is 65.4 Å². The molecular weight excluding hydrogens is 518 g/mol. The molecule has 0 radical (unpaired) electrons. The summed E-state index contributed by atoms with van der Waals surface area (Å²) >= 11 is 0. The fourth-order valence-electron chi connectivity index (χ4n) is 3.29. The van der Waals surface area contributed by atoms with Gasteiger partial charge in [-0.2, -0.15) is 0 Å². The number of carbonyl (C=O) groups is 4. The lowest BCUT2D eigenvalue weighted by molar-refractivity contribution is -0.116. The van der Waals surface area contributed by atoms with Crippen LogP contribution in [0.15, 0.2) is 23.2 Å². The number of imide groups is 1. The van der Waals surface area contributed by atoms with E-state index in [9.17, 15) is 19.2 Å². The predicted octanol–water partition coefficient (Wildman–Crippen LogP) is 5.42. The highest BCUT2D eigenvalue weighted by molar-refractivity contribution is 6.01. The molecular formula is C28H45N5O7. The van der Waals surface area contributed by atoms with Crippen molar-refractivity contribution in [1.82, 2.24) is 4.90 Å². The number of rotatable bonds is 5. The van der Waals surface area contributed by atoms with Gasteiger partial charge in [-0.1, -0.05) is 0 Å². The van der Waals surface area contributed by atoms with E-state index in [2.05, 4.69) is 4.99 Å². The first-order valence-electron chi connectivity index (χ1n) is 13.0. The van der Waals surface area contributed by atoms with E-state index in [4.69, 9.17) is 19.9 Å². The number of anilines is 2. The molecule has 0 aliphatic carbocycles. The first-order chi connectivity index (χ1) is 18.0. The number of guanidine groups is 1. The lowest BCUT2D eigenvalue weighted by Crippen LogP contribution is -2.43. The van der Waals surface area contributed by atoms with Crippen molar-refractivity contribution in [2.75, 3.05) is 23.4 Å². The average molecular weight is 564 g/mol. The van der Waals surface area contributed by atoms with Crippen molar-refractivity contribution in [1.29, 1.82) is 0 Å². The van der Waals surface area contributed by atoms with Crippen LogP contribution < -0.4 is 15.5 Å². The second kappa shape index (κ2) is 13.0. The number of carbonyl (C=O) groups excluding carboxylic acids is 4. The number of nitrogens with zero attached hydrogens (tertiary/aromatic N) is 4. The van der Waals surface area contributed by atoms with E-state index in [1.54, 1.807) is 99.4 Å². The molecule has 224 valence electrons. The summed E-state index contributed by atoms with van der Waals surface area (Å²) < 4.78 is 16.2. The number of benzene rings is 1. The van der Waals surface area contributed by atoms with Crippen molar-refractivity contribution >= 4 is 41.5 Å². The Hall–Kier alpha value is -3.83. The molecule has 0 heterocycles. The van der Waals surface area contributed by atoms with Crippen molar-refractivity contribution in [3.63, 3.8) is 0 Å². The number of amides is 4. The van der Waals surface area contributed by atoms with Gasteiger partial charge in [0, 0.05) is 31.9 Å². The topological polar surface area (TPSA) is 144 Å². The van der Waals surface area contributed by atoms with E-state index in [1.165, 1.54) is 11.8 Å². The Kier molecular flexibility index (Phi) is 11.1. The molecule has 0 aliphatic rings. The monoisotopic (exact) mass is 563 g/mol. The zero-order chi connectivity index (χ0) is 31.2. The minimum absolute atomic E-state index is 0.119. The van der Waals surface area contributed by atoms with E-state index in [0.717, 1.165) is 4.90 Å². The Labute approximate surface area is 237 Å². The van der Waals surface area contributed by atoms with Crippen LogP contribution in [0.1, 0.15) is 81.7 Å². The maximum absolute atomic E-state index is 13.1. The maximum Gasteiger partial charge on any atom is 0.437 e. The molecule has 1 aromatic carbocycles. The summed E-state index contributed by atoms with van der Waals surface area (Å²) in [6.45, 7) is 18.5. The fraction of sp³-hybridized carbons (Fsp3) is 0.607. The van der Waals surface area contributed by atoms with Crippen LogP contribution in [0.5, 0.6) is 0 Å². The molecule has 0 aliphatic heterocycles. The maximum atomic E-state index is 13.1.